The molecule has 2 atom stereocenters. The predicted molar refractivity (Wildman–Crippen MR) is 68.5 cm³/mol. The van der Waals surface area contributed by atoms with Crippen molar-refractivity contribution in [2.45, 2.75) is 25.2 Å². The number of amides is 1. The Morgan fingerprint density at radius 3 is 2.76 bits per heavy atom. The second kappa shape index (κ2) is 5.98. The number of pyridine rings is 1. The van der Waals surface area contributed by atoms with E-state index < -0.39 is 17.6 Å². The lowest BCUT2D eigenvalue weighted by Crippen LogP contribution is -2.53. The maximum Gasteiger partial charge on any atom is 0.417 e. The van der Waals surface area contributed by atoms with Crippen molar-refractivity contribution in [3.63, 3.8) is 0 Å². The van der Waals surface area contributed by atoms with Gasteiger partial charge in [-0.1, -0.05) is 0 Å². The molecule has 1 aromatic heterocycles. The highest BCUT2D eigenvalue weighted by atomic mass is 19.4. The highest BCUT2D eigenvalue weighted by Crippen LogP contribution is 2.28. The lowest BCUT2D eigenvalue weighted by Gasteiger charge is -2.37. The fourth-order valence-corrected chi connectivity index (χ4v) is 2.08. The molecule has 1 aliphatic rings. The second-order valence-corrected chi connectivity index (χ2v) is 4.93. The quantitative estimate of drug-likeness (QED) is 0.894. The predicted octanol–water partition coefficient (Wildman–Crippen LogP) is 1.29. The lowest BCUT2D eigenvalue weighted by molar-refractivity contribution is -0.137. The molecule has 0 spiro atoms. The van der Waals surface area contributed by atoms with Crippen molar-refractivity contribution in [3.05, 3.63) is 29.6 Å². The van der Waals surface area contributed by atoms with Crippen LogP contribution in [-0.2, 0) is 10.9 Å². The molecule has 1 aromatic rings. The van der Waals surface area contributed by atoms with E-state index in [-0.39, 0.29) is 24.4 Å². The Kier molecular flexibility index (Phi) is 4.48. The molecular weight excluding hydrogens is 287 g/mol. The molecule has 1 saturated heterocycles. The number of aromatic nitrogens is 1. The van der Waals surface area contributed by atoms with Gasteiger partial charge in [0.05, 0.1) is 24.3 Å². The normalized spacial score (nSPS) is 23.2. The number of rotatable bonds is 2. The van der Waals surface area contributed by atoms with E-state index in [9.17, 15) is 18.0 Å². The smallest absolute Gasteiger partial charge is 0.373 e. The first-order valence-electron chi connectivity index (χ1n) is 6.48. The number of alkyl halides is 3. The molecule has 2 N–H and O–H groups in total. The van der Waals surface area contributed by atoms with Gasteiger partial charge in [0, 0.05) is 19.3 Å². The number of ether oxygens (including phenoxy) is 1. The molecule has 5 nitrogen and oxygen atoms in total. The number of hydrogen-bond donors (Lipinski definition) is 1. The van der Waals surface area contributed by atoms with Crippen molar-refractivity contribution in [3.8, 4) is 0 Å². The molecule has 2 unspecified atom stereocenters. The Morgan fingerprint density at radius 2 is 2.24 bits per heavy atom. The molecule has 1 aliphatic heterocycles. The van der Waals surface area contributed by atoms with Crippen LogP contribution in [-0.4, -0.2) is 47.6 Å². The fourth-order valence-electron chi connectivity index (χ4n) is 2.08. The molecule has 1 amide bonds. The Morgan fingerprint density at radius 1 is 1.52 bits per heavy atom. The zero-order valence-electron chi connectivity index (χ0n) is 11.4. The molecule has 0 bridgehead atoms. The van der Waals surface area contributed by atoms with Crippen LogP contribution in [0.15, 0.2) is 18.3 Å². The average molecular weight is 303 g/mol. The molecule has 2 rings (SSSR count). The van der Waals surface area contributed by atoms with Gasteiger partial charge in [0.2, 0.25) is 0 Å². The van der Waals surface area contributed by atoms with E-state index in [0.29, 0.717) is 19.3 Å². The Labute approximate surface area is 119 Å². The van der Waals surface area contributed by atoms with Gasteiger partial charge >= 0.3 is 6.18 Å². The first-order valence-corrected chi connectivity index (χ1v) is 6.48. The van der Waals surface area contributed by atoms with E-state index in [1.807, 2.05) is 0 Å². The molecule has 0 aromatic carbocycles. The zero-order valence-corrected chi connectivity index (χ0v) is 11.4. The topological polar surface area (TPSA) is 68.5 Å². The van der Waals surface area contributed by atoms with Crippen LogP contribution < -0.4 is 5.73 Å². The molecule has 116 valence electrons. The van der Waals surface area contributed by atoms with Crippen LogP contribution in [0.5, 0.6) is 0 Å². The first-order chi connectivity index (χ1) is 9.82. The van der Waals surface area contributed by atoms with Crippen molar-refractivity contribution in [2.75, 3.05) is 19.7 Å². The summed E-state index contributed by atoms with van der Waals surface area (Å²) < 4.78 is 42.8. The summed E-state index contributed by atoms with van der Waals surface area (Å²) in [5.41, 5.74) is 4.61. The summed E-state index contributed by atoms with van der Waals surface area (Å²) in [6, 6.07) is 1.76. The monoisotopic (exact) mass is 303 g/mol. The number of carbonyl (C=O) groups excluding carboxylic acids is 1. The summed E-state index contributed by atoms with van der Waals surface area (Å²) in [5, 5.41) is 0. The van der Waals surface area contributed by atoms with Gasteiger partial charge in [0.25, 0.3) is 5.91 Å². The van der Waals surface area contributed by atoms with Crippen LogP contribution >= 0.6 is 0 Å². The third-order valence-electron chi connectivity index (χ3n) is 3.34. The van der Waals surface area contributed by atoms with Crippen molar-refractivity contribution in [1.29, 1.82) is 0 Å². The van der Waals surface area contributed by atoms with Crippen LogP contribution in [0, 0.1) is 0 Å². The maximum absolute atomic E-state index is 12.5. The standard InChI is InChI=1S/C13H16F3N3O2/c1-8-7-21-10(4-17)6-19(8)12(20)11-3-2-9(5-18-11)13(14,15)16/h2-3,5,8,10H,4,6-7,17H2,1H3. The van der Waals surface area contributed by atoms with Crippen LogP contribution in [0.1, 0.15) is 23.0 Å². The third-order valence-corrected chi connectivity index (χ3v) is 3.34. The molecule has 0 saturated carbocycles. The highest BCUT2D eigenvalue weighted by molar-refractivity contribution is 5.92. The summed E-state index contributed by atoms with van der Waals surface area (Å²) >= 11 is 0. The molecule has 1 fully saturated rings. The third kappa shape index (κ3) is 3.51. The van der Waals surface area contributed by atoms with E-state index in [1.165, 1.54) is 4.90 Å². The molecular formula is C13H16F3N3O2. The summed E-state index contributed by atoms with van der Waals surface area (Å²) in [6.07, 6.45) is -4.07. The highest BCUT2D eigenvalue weighted by Gasteiger charge is 2.33. The van der Waals surface area contributed by atoms with Gasteiger partial charge in [-0.25, -0.2) is 0 Å². The van der Waals surface area contributed by atoms with E-state index in [4.69, 9.17) is 10.5 Å². The largest absolute Gasteiger partial charge is 0.417 e. The van der Waals surface area contributed by atoms with Crippen LogP contribution in [0.3, 0.4) is 0 Å². The maximum atomic E-state index is 12.5. The van der Waals surface area contributed by atoms with Crippen molar-refractivity contribution in [2.24, 2.45) is 5.73 Å². The number of carbonyl (C=O) groups is 1. The van der Waals surface area contributed by atoms with E-state index in [2.05, 4.69) is 4.98 Å². The van der Waals surface area contributed by atoms with Gasteiger partial charge in [-0.05, 0) is 19.1 Å². The summed E-state index contributed by atoms with van der Waals surface area (Å²) in [6.45, 7) is 2.72. The number of halogens is 3. The van der Waals surface area contributed by atoms with Crippen molar-refractivity contribution in [1.82, 2.24) is 9.88 Å². The van der Waals surface area contributed by atoms with E-state index >= 15 is 0 Å². The molecule has 21 heavy (non-hydrogen) atoms. The Bertz CT molecular complexity index is 504. The number of morpholine rings is 1. The number of hydrogen-bond acceptors (Lipinski definition) is 4. The van der Waals surface area contributed by atoms with Crippen LogP contribution in [0.2, 0.25) is 0 Å². The fraction of sp³-hybridized carbons (Fsp3) is 0.538. The zero-order chi connectivity index (χ0) is 15.6. The summed E-state index contributed by atoms with van der Waals surface area (Å²) in [7, 11) is 0. The first kappa shape index (κ1) is 15.7. The number of nitrogens with zero attached hydrogens (tertiary/aromatic N) is 2. The van der Waals surface area contributed by atoms with Gasteiger partial charge in [-0.2, -0.15) is 13.2 Å². The Balaban J connectivity index is 2.15. The van der Waals surface area contributed by atoms with Crippen LogP contribution in [0.4, 0.5) is 13.2 Å². The molecule has 8 heteroatoms. The Hall–Kier alpha value is -1.67. The summed E-state index contributed by atoms with van der Waals surface area (Å²) in [5.74, 6) is -0.419. The number of nitrogens with two attached hydrogens (primary N) is 1. The van der Waals surface area contributed by atoms with Gasteiger partial charge in [-0.15, -0.1) is 0 Å². The van der Waals surface area contributed by atoms with Gasteiger partial charge in [-0.3, -0.25) is 9.78 Å². The molecule has 2 heterocycles. The van der Waals surface area contributed by atoms with Gasteiger partial charge in [0.15, 0.2) is 0 Å². The molecule has 0 radical (unpaired) electrons. The van der Waals surface area contributed by atoms with Crippen LogP contribution in [0.25, 0.3) is 0 Å². The van der Waals surface area contributed by atoms with E-state index in [0.717, 1.165) is 12.1 Å². The summed E-state index contributed by atoms with van der Waals surface area (Å²) in [4.78, 5) is 17.5. The van der Waals surface area contributed by atoms with Gasteiger partial charge in [0.1, 0.15) is 5.69 Å². The second-order valence-electron chi connectivity index (χ2n) is 4.93. The van der Waals surface area contributed by atoms with Crippen molar-refractivity contribution < 1.29 is 22.7 Å². The van der Waals surface area contributed by atoms with Gasteiger partial charge < -0.3 is 15.4 Å². The minimum Gasteiger partial charge on any atom is -0.373 e. The van der Waals surface area contributed by atoms with Crippen molar-refractivity contribution >= 4 is 5.91 Å². The minimum atomic E-state index is -4.47. The average Bonchev–Trinajstić information content (AvgIpc) is 2.46. The minimum absolute atomic E-state index is 0.0208. The van der Waals surface area contributed by atoms with E-state index in [1.54, 1.807) is 6.92 Å². The molecule has 0 aliphatic carbocycles. The SMILES string of the molecule is CC1COC(CN)CN1C(=O)c1ccc(C(F)(F)F)cn1. The lowest BCUT2D eigenvalue weighted by atomic mass is 10.1.